The lowest BCUT2D eigenvalue weighted by Crippen LogP contribution is -2.42. The summed E-state index contributed by atoms with van der Waals surface area (Å²) < 4.78 is 3.79. The zero-order valence-electron chi connectivity index (χ0n) is 20.2. The van der Waals surface area contributed by atoms with Crippen LogP contribution in [0.1, 0.15) is 29.7 Å². The Morgan fingerprint density at radius 1 is 1.05 bits per heavy atom. The minimum atomic E-state index is -1.16. The highest BCUT2D eigenvalue weighted by molar-refractivity contribution is 6.31. The summed E-state index contributed by atoms with van der Waals surface area (Å²) in [6.45, 7) is 0.641. The van der Waals surface area contributed by atoms with Crippen molar-refractivity contribution in [1.29, 1.82) is 0 Å². The monoisotopic (exact) mass is 529 g/mol. The maximum Gasteiger partial charge on any atom is 0.251 e. The minimum absolute atomic E-state index is 0.0663. The smallest absolute Gasteiger partial charge is 0.251 e. The Morgan fingerprint density at radius 2 is 1.86 bits per heavy atom. The van der Waals surface area contributed by atoms with Crippen molar-refractivity contribution in [1.82, 2.24) is 19.1 Å². The molecule has 8 heteroatoms. The van der Waals surface area contributed by atoms with E-state index in [4.69, 9.17) is 28.9 Å². The van der Waals surface area contributed by atoms with Crippen LogP contribution < -0.4 is 11.3 Å². The summed E-state index contributed by atoms with van der Waals surface area (Å²) in [4.78, 5) is 22.4. The van der Waals surface area contributed by atoms with Gasteiger partial charge in [-0.1, -0.05) is 59.6 Å². The first-order valence-electron chi connectivity index (χ1n) is 12.2. The number of hydrogen-bond donors (Lipinski definition) is 1. The first-order valence-corrected chi connectivity index (χ1v) is 12.9. The summed E-state index contributed by atoms with van der Waals surface area (Å²) in [6, 6.07) is 18.9. The third-order valence-corrected chi connectivity index (χ3v) is 7.69. The third kappa shape index (κ3) is 4.15. The molecule has 3 aromatic heterocycles. The molecule has 0 aliphatic heterocycles. The van der Waals surface area contributed by atoms with E-state index in [-0.39, 0.29) is 5.56 Å². The highest BCUT2D eigenvalue weighted by atomic mass is 35.5. The standard InChI is InChI=1S/C29H25Cl2N5O/c1-35-17-33-15-25(35)29(32,20-10-11-26(31)34-14-20)24-7-3-6-22-23(19-4-2-5-21(30)12-19)13-27(37)36(28(22)24)16-18-8-9-18/h2-7,10-15,17-18H,8-9,16,32H2,1H3. The van der Waals surface area contributed by atoms with Crippen LogP contribution in [0.2, 0.25) is 10.2 Å². The number of nitrogens with zero attached hydrogens (tertiary/aromatic N) is 4. The summed E-state index contributed by atoms with van der Waals surface area (Å²) in [5, 5.41) is 1.92. The number of aromatic nitrogens is 4. The lowest BCUT2D eigenvalue weighted by atomic mass is 9.80. The van der Waals surface area contributed by atoms with Crippen molar-refractivity contribution >= 4 is 34.1 Å². The fourth-order valence-electron chi connectivity index (χ4n) is 5.18. The molecule has 5 aromatic rings. The predicted molar refractivity (Wildman–Crippen MR) is 148 cm³/mol. The first kappa shape index (κ1) is 23.9. The predicted octanol–water partition coefficient (Wildman–Crippen LogP) is 5.76. The summed E-state index contributed by atoms with van der Waals surface area (Å²) in [7, 11) is 1.91. The van der Waals surface area contributed by atoms with E-state index < -0.39 is 5.54 Å². The molecule has 0 radical (unpaired) electrons. The normalized spacial score (nSPS) is 15.1. The van der Waals surface area contributed by atoms with E-state index in [1.54, 1.807) is 30.9 Å². The molecule has 1 aliphatic rings. The van der Waals surface area contributed by atoms with Crippen molar-refractivity contribution < 1.29 is 0 Å². The summed E-state index contributed by atoms with van der Waals surface area (Å²) in [5.41, 5.74) is 11.0. The van der Waals surface area contributed by atoms with Crippen molar-refractivity contribution in [3.8, 4) is 11.1 Å². The summed E-state index contributed by atoms with van der Waals surface area (Å²) >= 11 is 12.5. The molecule has 0 spiro atoms. The molecule has 1 saturated carbocycles. The molecule has 1 aliphatic carbocycles. The Bertz CT molecular complexity index is 1690. The SMILES string of the molecule is Cn1cncc1C(N)(c1ccc(Cl)nc1)c1cccc2c(-c3cccc(Cl)c3)cc(=O)n(CC3CC3)c12. The van der Waals surface area contributed by atoms with Gasteiger partial charge in [0.25, 0.3) is 5.56 Å². The van der Waals surface area contributed by atoms with Crippen LogP contribution in [0, 0.1) is 5.92 Å². The summed E-state index contributed by atoms with van der Waals surface area (Å²) in [5.74, 6) is 0.479. The third-order valence-electron chi connectivity index (χ3n) is 7.23. The largest absolute Gasteiger partial charge is 0.336 e. The van der Waals surface area contributed by atoms with E-state index >= 15 is 0 Å². The van der Waals surface area contributed by atoms with Crippen LogP contribution in [-0.2, 0) is 19.1 Å². The quantitative estimate of drug-likeness (QED) is 0.283. The number of halogens is 2. The van der Waals surface area contributed by atoms with Gasteiger partial charge < -0.3 is 14.9 Å². The molecule has 6 rings (SSSR count). The van der Waals surface area contributed by atoms with Crippen molar-refractivity contribution in [2.24, 2.45) is 18.7 Å². The van der Waals surface area contributed by atoms with Crippen molar-refractivity contribution in [2.75, 3.05) is 0 Å². The van der Waals surface area contributed by atoms with Crippen LogP contribution >= 0.6 is 23.2 Å². The average molecular weight is 530 g/mol. The molecule has 0 bridgehead atoms. The van der Waals surface area contributed by atoms with Crippen molar-refractivity contribution in [3.05, 3.63) is 117 Å². The van der Waals surface area contributed by atoms with E-state index in [0.717, 1.165) is 51.7 Å². The Kier molecular flexibility index (Phi) is 5.91. The second kappa shape index (κ2) is 9.14. The van der Waals surface area contributed by atoms with E-state index in [1.807, 2.05) is 64.7 Å². The van der Waals surface area contributed by atoms with Gasteiger partial charge in [-0.2, -0.15) is 0 Å². The fourth-order valence-corrected chi connectivity index (χ4v) is 5.48. The number of rotatable bonds is 6. The Hall–Kier alpha value is -3.45. The Morgan fingerprint density at radius 3 is 2.54 bits per heavy atom. The Balaban J connectivity index is 1.73. The molecule has 1 atom stereocenters. The van der Waals surface area contributed by atoms with Gasteiger partial charge in [-0.25, -0.2) is 9.97 Å². The average Bonchev–Trinajstić information content (AvgIpc) is 3.61. The highest BCUT2D eigenvalue weighted by Crippen LogP contribution is 2.41. The first-order chi connectivity index (χ1) is 17.9. The molecule has 0 amide bonds. The maximum absolute atomic E-state index is 13.7. The number of imidazole rings is 1. The minimum Gasteiger partial charge on any atom is -0.336 e. The molecule has 1 unspecified atom stereocenters. The molecular weight excluding hydrogens is 505 g/mol. The van der Waals surface area contributed by atoms with Gasteiger partial charge in [0.1, 0.15) is 10.7 Å². The lowest BCUT2D eigenvalue weighted by molar-refractivity contribution is 0.583. The van der Waals surface area contributed by atoms with Crippen LogP contribution in [0.5, 0.6) is 0 Å². The molecule has 2 N–H and O–H groups in total. The van der Waals surface area contributed by atoms with E-state index in [1.165, 1.54) is 0 Å². The zero-order valence-corrected chi connectivity index (χ0v) is 21.7. The lowest BCUT2D eigenvalue weighted by Gasteiger charge is -2.33. The van der Waals surface area contributed by atoms with Gasteiger partial charge in [0, 0.05) is 47.4 Å². The van der Waals surface area contributed by atoms with Crippen LogP contribution in [0.3, 0.4) is 0 Å². The molecule has 1 fully saturated rings. The van der Waals surface area contributed by atoms with Gasteiger partial charge in [-0.05, 0) is 48.1 Å². The number of pyridine rings is 2. The number of para-hydroxylation sites is 1. The molecule has 0 saturated heterocycles. The van der Waals surface area contributed by atoms with Crippen molar-refractivity contribution in [3.63, 3.8) is 0 Å². The van der Waals surface area contributed by atoms with Crippen LogP contribution in [-0.4, -0.2) is 19.1 Å². The highest BCUT2D eigenvalue weighted by Gasteiger charge is 2.38. The van der Waals surface area contributed by atoms with Crippen LogP contribution in [0.25, 0.3) is 22.0 Å². The number of hydrogen-bond acceptors (Lipinski definition) is 4. The Labute approximate surface area is 224 Å². The van der Waals surface area contributed by atoms with Gasteiger partial charge >= 0.3 is 0 Å². The number of aryl methyl sites for hydroxylation is 1. The van der Waals surface area contributed by atoms with Gasteiger partial charge in [-0.15, -0.1) is 0 Å². The molecule has 37 heavy (non-hydrogen) atoms. The zero-order chi connectivity index (χ0) is 25.7. The van der Waals surface area contributed by atoms with E-state index in [9.17, 15) is 4.79 Å². The van der Waals surface area contributed by atoms with Crippen molar-refractivity contribution in [2.45, 2.75) is 24.9 Å². The molecular formula is C29H25Cl2N5O. The second-order valence-corrected chi connectivity index (χ2v) is 10.6. The second-order valence-electron chi connectivity index (χ2n) is 9.73. The van der Waals surface area contributed by atoms with Gasteiger partial charge in [0.15, 0.2) is 0 Å². The maximum atomic E-state index is 13.7. The topological polar surface area (TPSA) is 78.7 Å². The molecule has 6 nitrogen and oxygen atoms in total. The number of benzene rings is 2. The van der Waals surface area contributed by atoms with Crippen LogP contribution in [0.4, 0.5) is 0 Å². The van der Waals surface area contributed by atoms with E-state index in [0.29, 0.717) is 22.6 Å². The van der Waals surface area contributed by atoms with Crippen LogP contribution in [0.15, 0.2) is 84.2 Å². The molecule has 186 valence electrons. The summed E-state index contributed by atoms with van der Waals surface area (Å²) in [6.07, 6.45) is 7.40. The number of nitrogens with two attached hydrogens (primary N) is 1. The molecule has 3 heterocycles. The van der Waals surface area contributed by atoms with E-state index in [2.05, 4.69) is 9.97 Å². The van der Waals surface area contributed by atoms with Gasteiger partial charge in [-0.3, -0.25) is 4.79 Å². The fraction of sp³-hybridized carbons (Fsp3) is 0.207. The molecule has 2 aromatic carbocycles. The van der Waals surface area contributed by atoms with Gasteiger partial charge in [0.2, 0.25) is 0 Å². The number of fused-ring (bicyclic) bond motifs is 1. The van der Waals surface area contributed by atoms with Gasteiger partial charge in [0.05, 0.1) is 23.7 Å².